The summed E-state index contributed by atoms with van der Waals surface area (Å²) in [4.78, 5) is 10.3. The Balaban J connectivity index is 2.95. The number of rotatable bonds is 3. The van der Waals surface area contributed by atoms with Gasteiger partial charge in [0.25, 0.3) is 5.78 Å². The van der Waals surface area contributed by atoms with Gasteiger partial charge in [0.1, 0.15) is 5.75 Å². The minimum absolute atomic E-state index is 0.299. The molecule has 0 aromatic heterocycles. The average Bonchev–Trinajstić information content (AvgIpc) is 2.17. The van der Waals surface area contributed by atoms with Crippen molar-refractivity contribution in [3.63, 3.8) is 0 Å². The van der Waals surface area contributed by atoms with E-state index in [1.807, 2.05) is 0 Å². The lowest BCUT2D eigenvalue weighted by atomic mass is 10.4. The number of sulfone groups is 1. The van der Waals surface area contributed by atoms with Crippen LogP contribution in [0.1, 0.15) is 0 Å². The first-order valence-corrected chi connectivity index (χ1v) is 5.76. The number of hydrogen-bond acceptors (Lipinski definition) is 3. The van der Waals surface area contributed by atoms with Gasteiger partial charge in [0.2, 0.25) is 0 Å². The van der Waals surface area contributed by atoms with Crippen molar-refractivity contribution in [2.45, 2.75) is 11.1 Å². The first kappa shape index (κ1) is 12.7. The average molecular weight is 252 g/mol. The molecule has 0 bridgehead atoms. The van der Waals surface area contributed by atoms with Gasteiger partial charge in [-0.05, 0) is 12.1 Å². The molecule has 0 atom stereocenters. The van der Waals surface area contributed by atoms with Gasteiger partial charge in [-0.3, -0.25) is 4.79 Å². The van der Waals surface area contributed by atoms with E-state index in [0.29, 0.717) is 0 Å². The molecule has 0 fully saturated rings. The molecule has 0 spiro atoms. The highest BCUT2D eigenvalue weighted by molar-refractivity contribution is 7.92. The molecule has 0 aliphatic heterocycles. The Morgan fingerprint density at radius 3 is 2.06 bits per heavy atom. The number of alkyl halides is 3. The maximum atomic E-state index is 11.9. The Labute approximate surface area is 89.8 Å². The molecule has 0 radical (unpaired) electrons. The fourth-order valence-electron chi connectivity index (χ4n) is 0.966. The molecule has 1 aromatic carbocycles. The van der Waals surface area contributed by atoms with E-state index in [1.54, 1.807) is 0 Å². The van der Waals surface area contributed by atoms with Crippen LogP contribution in [0.15, 0.2) is 35.2 Å². The molecule has 7 heteroatoms. The quantitative estimate of drug-likeness (QED) is 0.820. The van der Waals surface area contributed by atoms with E-state index < -0.39 is 27.5 Å². The monoisotopic (exact) mass is 252 g/mol. The summed E-state index contributed by atoms with van der Waals surface area (Å²) in [6.07, 6.45) is -5.12. The van der Waals surface area contributed by atoms with Crippen molar-refractivity contribution in [1.82, 2.24) is 0 Å². The van der Waals surface area contributed by atoms with Gasteiger partial charge in [-0.2, -0.15) is 13.2 Å². The fraction of sp³-hybridized carbons (Fsp3) is 0.222. The van der Waals surface area contributed by atoms with Gasteiger partial charge in [-0.25, -0.2) is 8.42 Å². The van der Waals surface area contributed by atoms with Gasteiger partial charge in [-0.15, -0.1) is 0 Å². The van der Waals surface area contributed by atoms with E-state index in [-0.39, 0.29) is 4.90 Å². The second-order valence-corrected chi connectivity index (χ2v) is 4.98. The van der Waals surface area contributed by atoms with Gasteiger partial charge in [0.15, 0.2) is 9.84 Å². The molecular formula is C9H7F3O3S. The van der Waals surface area contributed by atoms with E-state index in [2.05, 4.69) is 0 Å². The zero-order valence-corrected chi connectivity index (χ0v) is 8.68. The summed E-state index contributed by atoms with van der Waals surface area (Å²) in [5, 5.41) is 0. The molecule has 0 heterocycles. The summed E-state index contributed by atoms with van der Waals surface area (Å²) in [6, 6.07) is 6.53. The summed E-state index contributed by atoms with van der Waals surface area (Å²) in [5.74, 6) is -3.82. The SMILES string of the molecule is O=C(CS(=O)(=O)c1ccccc1)C(F)(F)F. The van der Waals surface area contributed by atoms with Crippen LogP contribution in [0.4, 0.5) is 13.2 Å². The van der Waals surface area contributed by atoms with Gasteiger partial charge in [0.05, 0.1) is 4.90 Å². The third kappa shape index (κ3) is 3.06. The van der Waals surface area contributed by atoms with Gasteiger partial charge >= 0.3 is 6.18 Å². The highest BCUT2D eigenvalue weighted by atomic mass is 32.2. The Morgan fingerprint density at radius 2 is 1.62 bits per heavy atom. The minimum Gasteiger partial charge on any atom is -0.288 e. The fourth-order valence-corrected chi connectivity index (χ4v) is 2.21. The van der Waals surface area contributed by atoms with Crippen LogP contribution in [0, 0.1) is 0 Å². The van der Waals surface area contributed by atoms with E-state index in [1.165, 1.54) is 18.2 Å². The van der Waals surface area contributed by atoms with E-state index in [9.17, 15) is 26.4 Å². The molecule has 3 nitrogen and oxygen atoms in total. The summed E-state index contributed by atoms with van der Waals surface area (Å²) in [6.45, 7) is 0. The zero-order valence-electron chi connectivity index (χ0n) is 7.86. The van der Waals surface area contributed by atoms with Gasteiger partial charge in [0, 0.05) is 0 Å². The lowest BCUT2D eigenvalue weighted by molar-refractivity contribution is -0.168. The Hall–Kier alpha value is -1.37. The molecule has 0 aliphatic rings. The van der Waals surface area contributed by atoms with Crippen molar-refractivity contribution in [2.75, 3.05) is 5.75 Å². The summed E-state index contributed by atoms with van der Waals surface area (Å²) in [7, 11) is -4.21. The number of benzene rings is 1. The van der Waals surface area contributed by atoms with Crippen LogP contribution in [-0.4, -0.2) is 26.1 Å². The van der Waals surface area contributed by atoms with Crippen LogP contribution in [0.3, 0.4) is 0 Å². The second kappa shape index (κ2) is 4.25. The molecule has 0 aliphatic carbocycles. The van der Waals surface area contributed by atoms with Crippen LogP contribution in [0.5, 0.6) is 0 Å². The number of halogens is 3. The van der Waals surface area contributed by atoms with Crippen molar-refractivity contribution >= 4 is 15.6 Å². The van der Waals surface area contributed by atoms with Crippen LogP contribution in [0.25, 0.3) is 0 Å². The van der Waals surface area contributed by atoms with Crippen LogP contribution >= 0.6 is 0 Å². The lowest BCUT2D eigenvalue weighted by Gasteiger charge is -2.06. The number of carbonyl (C=O) groups is 1. The Bertz CT molecular complexity index is 476. The topological polar surface area (TPSA) is 51.2 Å². The van der Waals surface area contributed by atoms with Gasteiger partial charge in [-0.1, -0.05) is 18.2 Å². The minimum atomic E-state index is -5.12. The zero-order chi connectivity index (χ0) is 12.4. The highest BCUT2D eigenvalue weighted by Gasteiger charge is 2.41. The third-order valence-electron chi connectivity index (χ3n) is 1.74. The van der Waals surface area contributed by atoms with Crippen molar-refractivity contribution in [3.8, 4) is 0 Å². The van der Waals surface area contributed by atoms with E-state index in [0.717, 1.165) is 12.1 Å². The van der Waals surface area contributed by atoms with Crippen molar-refractivity contribution in [1.29, 1.82) is 0 Å². The van der Waals surface area contributed by atoms with Crippen molar-refractivity contribution < 1.29 is 26.4 Å². The molecule has 16 heavy (non-hydrogen) atoms. The predicted molar refractivity (Wildman–Crippen MR) is 49.6 cm³/mol. The molecule has 0 saturated carbocycles. The Kier molecular flexibility index (Phi) is 3.37. The second-order valence-electron chi connectivity index (χ2n) is 2.99. The first-order valence-electron chi connectivity index (χ1n) is 4.11. The first-order chi connectivity index (χ1) is 7.23. The molecule has 1 rings (SSSR count). The summed E-state index contributed by atoms with van der Waals surface area (Å²) < 4.78 is 58.4. The molecule has 0 amide bonds. The largest absolute Gasteiger partial charge is 0.451 e. The molecular weight excluding hydrogens is 245 g/mol. The smallest absolute Gasteiger partial charge is 0.288 e. The molecule has 0 saturated heterocycles. The summed E-state index contributed by atoms with van der Waals surface area (Å²) >= 11 is 0. The summed E-state index contributed by atoms with van der Waals surface area (Å²) in [5.41, 5.74) is 0. The van der Waals surface area contributed by atoms with Crippen LogP contribution in [-0.2, 0) is 14.6 Å². The van der Waals surface area contributed by atoms with Crippen molar-refractivity contribution in [2.24, 2.45) is 0 Å². The lowest BCUT2D eigenvalue weighted by Crippen LogP contribution is -2.30. The van der Waals surface area contributed by atoms with Crippen LogP contribution in [0.2, 0.25) is 0 Å². The molecule has 88 valence electrons. The maximum absolute atomic E-state index is 11.9. The number of Topliss-reactive ketones (excluding diaryl/α,β-unsaturated/α-hetero) is 1. The normalized spacial score (nSPS) is 12.4. The molecule has 0 N–H and O–H groups in total. The molecule has 1 aromatic rings. The number of ketones is 1. The van der Waals surface area contributed by atoms with E-state index >= 15 is 0 Å². The van der Waals surface area contributed by atoms with Crippen LogP contribution < -0.4 is 0 Å². The number of hydrogen-bond donors (Lipinski definition) is 0. The standard InChI is InChI=1S/C9H7F3O3S/c10-9(11,12)8(13)6-16(14,15)7-4-2-1-3-5-7/h1-5H,6H2. The maximum Gasteiger partial charge on any atom is 0.451 e. The van der Waals surface area contributed by atoms with Crippen molar-refractivity contribution in [3.05, 3.63) is 30.3 Å². The molecule has 0 unspecified atom stereocenters. The van der Waals surface area contributed by atoms with E-state index in [4.69, 9.17) is 0 Å². The third-order valence-corrected chi connectivity index (χ3v) is 3.37. The van der Waals surface area contributed by atoms with Gasteiger partial charge < -0.3 is 0 Å². The Morgan fingerprint density at radius 1 is 1.12 bits per heavy atom. The highest BCUT2D eigenvalue weighted by Crippen LogP contribution is 2.19. The predicted octanol–water partition coefficient (Wildman–Crippen LogP) is 1.59. The number of carbonyl (C=O) groups excluding carboxylic acids is 1.